The molecule has 0 spiro atoms. The van der Waals surface area contributed by atoms with Gasteiger partial charge in [-0.15, -0.1) is 11.8 Å². The van der Waals surface area contributed by atoms with Crippen molar-refractivity contribution in [3.63, 3.8) is 0 Å². The van der Waals surface area contributed by atoms with Crippen LogP contribution in [0.3, 0.4) is 0 Å². The number of allylic oxidation sites excluding steroid dienone is 2. The predicted octanol–water partition coefficient (Wildman–Crippen LogP) is 3.29. The molecule has 0 N–H and O–H groups in total. The van der Waals surface area contributed by atoms with Crippen LogP contribution in [0.15, 0.2) is 11.1 Å². The molecule has 0 aromatic rings. The molecule has 3 heteroatoms. The van der Waals surface area contributed by atoms with Crippen molar-refractivity contribution in [2.24, 2.45) is 0 Å². The van der Waals surface area contributed by atoms with Gasteiger partial charge in [0.1, 0.15) is 0 Å². The summed E-state index contributed by atoms with van der Waals surface area (Å²) >= 11 is 0. The van der Waals surface area contributed by atoms with Gasteiger partial charge < -0.3 is 0 Å². The Morgan fingerprint density at radius 3 is 1.14 bits per heavy atom. The summed E-state index contributed by atoms with van der Waals surface area (Å²) in [5.74, 6) is 5.36. The van der Waals surface area contributed by atoms with Crippen molar-refractivity contribution in [2.45, 2.75) is 41.5 Å². The third-order valence-corrected chi connectivity index (χ3v) is 1.25. The van der Waals surface area contributed by atoms with E-state index in [1.165, 1.54) is 11.1 Å². The Morgan fingerprint density at radius 1 is 1.00 bits per heavy atom. The molecule has 3 nitrogen and oxygen atoms in total. The first kappa shape index (κ1) is 18.5. The normalized spacial score (nSPS) is 6.21. The van der Waals surface area contributed by atoms with Gasteiger partial charge in [0.2, 0.25) is 0 Å². The smallest absolute Gasteiger partial charge is 0.194 e. The summed E-state index contributed by atoms with van der Waals surface area (Å²) in [4.78, 5) is 8.31. The quantitative estimate of drug-likeness (QED) is 0.260. The van der Waals surface area contributed by atoms with Crippen LogP contribution in [-0.2, 0) is 0 Å². The fourth-order valence-electron chi connectivity index (χ4n) is 0. The van der Waals surface area contributed by atoms with Crippen LogP contribution in [0.2, 0.25) is 0 Å². The van der Waals surface area contributed by atoms with Crippen LogP contribution in [0.1, 0.15) is 41.5 Å². The second-order valence-corrected chi connectivity index (χ2v) is 2.94. The van der Waals surface area contributed by atoms with E-state index in [0.717, 1.165) is 7.05 Å². The van der Waals surface area contributed by atoms with Gasteiger partial charge >= 0.3 is 0 Å². The van der Waals surface area contributed by atoms with Gasteiger partial charge in [-0.25, -0.2) is 0 Å². The summed E-state index contributed by atoms with van der Waals surface area (Å²) < 4.78 is 0. The molecule has 0 fully saturated rings. The lowest BCUT2D eigenvalue weighted by Gasteiger charge is -1.88. The molecule has 82 valence electrons. The zero-order chi connectivity index (χ0) is 12.1. The Bertz CT molecular complexity index is 203. The molecule has 0 aromatic carbocycles. The molecule has 0 aliphatic heterocycles. The van der Waals surface area contributed by atoms with Crippen molar-refractivity contribution in [3.05, 3.63) is 21.3 Å². The van der Waals surface area contributed by atoms with Crippen LogP contribution in [0.4, 0.5) is 0 Å². The molecule has 0 amide bonds. The Labute approximate surface area is 87.4 Å². The Kier molecular flexibility index (Phi) is 18.8. The van der Waals surface area contributed by atoms with Crippen LogP contribution in [-0.4, -0.2) is 12.0 Å². The molecular weight excluding hydrogens is 178 g/mol. The topological polar surface area (TPSA) is 43.1 Å². The average molecular weight is 199 g/mol. The molecule has 14 heavy (non-hydrogen) atoms. The van der Waals surface area contributed by atoms with Gasteiger partial charge in [-0.1, -0.05) is 11.1 Å². The molecule has 0 aliphatic rings. The third-order valence-electron chi connectivity index (χ3n) is 1.25. The summed E-state index contributed by atoms with van der Waals surface area (Å²) in [6.45, 7) is 12.1. The Morgan fingerprint density at radius 2 is 1.14 bits per heavy atom. The highest BCUT2D eigenvalue weighted by molar-refractivity contribution is 5.02. The highest BCUT2D eigenvalue weighted by Gasteiger charge is 1.75. The standard InChI is InChI=1S/C6H12.C4H6.CH3NO2/c1-5(2)6(3)4;1-3-4-2;1-2(3)4/h1-4H3;1-2H3;1H3. The fourth-order valence-corrected chi connectivity index (χ4v) is 0. The van der Waals surface area contributed by atoms with Crippen LogP contribution < -0.4 is 0 Å². The zero-order valence-corrected chi connectivity index (χ0v) is 10.3. The molecule has 0 aliphatic carbocycles. The molecule has 0 saturated heterocycles. The molecule has 0 aromatic heterocycles. The molecule has 0 rings (SSSR count). The first-order valence-corrected chi connectivity index (χ1v) is 4.31. The van der Waals surface area contributed by atoms with E-state index < -0.39 is 4.92 Å². The van der Waals surface area contributed by atoms with E-state index in [1.54, 1.807) is 0 Å². The van der Waals surface area contributed by atoms with Crippen molar-refractivity contribution in [2.75, 3.05) is 7.05 Å². The fraction of sp³-hybridized carbons (Fsp3) is 0.636. The highest BCUT2D eigenvalue weighted by Crippen LogP contribution is 1.96. The van der Waals surface area contributed by atoms with Gasteiger partial charge in [-0.05, 0) is 41.5 Å². The molecule has 0 unspecified atom stereocenters. The van der Waals surface area contributed by atoms with Crippen molar-refractivity contribution in [1.29, 1.82) is 0 Å². The summed E-state index contributed by atoms with van der Waals surface area (Å²) in [5, 5.41) is 8.81. The highest BCUT2D eigenvalue weighted by atomic mass is 16.6. The lowest BCUT2D eigenvalue weighted by Crippen LogP contribution is -1.79. The second kappa shape index (κ2) is 14.2. The number of hydrogen-bond acceptors (Lipinski definition) is 2. The SMILES string of the molecule is CC#CC.CC(C)=C(C)C.C[N+](=O)[O-]. The van der Waals surface area contributed by atoms with Crippen LogP contribution >= 0.6 is 0 Å². The molecule has 0 saturated carbocycles. The first-order chi connectivity index (χ1) is 6.29. The van der Waals surface area contributed by atoms with Crippen molar-refractivity contribution >= 4 is 0 Å². The monoisotopic (exact) mass is 199 g/mol. The number of rotatable bonds is 0. The maximum atomic E-state index is 8.81. The maximum absolute atomic E-state index is 8.81. The van der Waals surface area contributed by atoms with E-state index in [0.29, 0.717) is 0 Å². The van der Waals surface area contributed by atoms with E-state index in [1.807, 2.05) is 13.8 Å². The second-order valence-electron chi connectivity index (χ2n) is 2.94. The summed E-state index contributed by atoms with van der Waals surface area (Å²) in [5.41, 5.74) is 2.85. The molecule has 0 heterocycles. The van der Waals surface area contributed by atoms with Gasteiger partial charge in [-0.2, -0.15) is 0 Å². The van der Waals surface area contributed by atoms with Crippen molar-refractivity contribution < 1.29 is 4.92 Å². The molecular formula is C11H21NO2. The maximum Gasteiger partial charge on any atom is 0.194 e. The Balaban J connectivity index is -0.000000135. The van der Waals surface area contributed by atoms with E-state index in [2.05, 4.69) is 39.5 Å². The average Bonchev–Trinajstić information content (AvgIpc) is 2.03. The van der Waals surface area contributed by atoms with Gasteiger partial charge in [0.05, 0.1) is 0 Å². The largest absolute Gasteiger partial charge is 0.265 e. The molecule has 0 bridgehead atoms. The van der Waals surface area contributed by atoms with E-state index in [9.17, 15) is 0 Å². The van der Waals surface area contributed by atoms with Gasteiger partial charge in [0, 0.05) is 4.92 Å². The summed E-state index contributed by atoms with van der Waals surface area (Å²) in [6, 6.07) is 0. The van der Waals surface area contributed by atoms with E-state index >= 15 is 0 Å². The van der Waals surface area contributed by atoms with Crippen LogP contribution in [0.5, 0.6) is 0 Å². The van der Waals surface area contributed by atoms with Crippen molar-refractivity contribution in [3.8, 4) is 11.8 Å². The van der Waals surface area contributed by atoms with E-state index in [-0.39, 0.29) is 0 Å². The minimum absolute atomic E-state index is 0.500. The predicted molar refractivity (Wildman–Crippen MR) is 61.8 cm³/mol. The van der Waals surface area contributed by atoms with Crippen LogP contribution in [0.25, 0.3) is 0 Å². The Hall–Kier alpha value is -1.30. The van der Waals surface area contributed by atoms with E-state index in [4.69, 9.17) is 10.1 Å². The van der Waals surface area contributed by atoms with Gasteiger partial charge in [0.15, 0.2) is 7.05 Å². The lowest BCUT2D eigenvalue weighted by molar-refractivity contribution is -0.445. The first-order valence-electron chi connectivity index (χ1n) is 4.31. The summed E-state index contributed by atoms with van der Waals surface area (Å²) in [6.07, 6.45) is 0. The minimum Gasteiger partial charge on any atom is -0.265 e. The number of nitrogens with zero attached hydrogens (tertiary/aromatic N) is 1. The third kappa shape index (κ3) is 73.5. The number of hydrogen-bond donors (Lipinski definition) is 0. The molecule has 0 radical (unpaired) electrons. The van der Waals surface area contributed by atoms with Gasteiger partial charge in [0.25, 0.3) is 0 Å². The lowest BCUT2D eigenvalue weighted by atomic mass is 10.2. The zero-order valence-electron chi connectivity index (χ0n) is 10.3. The van der Waals surface area contributed by atoms with Crippen LogP contribution in [0, 0.1) is 22.0 Å². The van der Waals surface area contributed by atoms with Crippen molar-refractivity contribution in [1.82, 2.24) is 0 Å². The summed E-state index contributed by atoms with van der Waals surface area (Å²) in [7, 11) is 0.889. The molecule has 0 atom stereocenters. The minimum atomic E-state index is -0.500. The number of nitro groups is 1. The van der Waals surface area contributed by atoms with Gasteiger partial charge in [-0.3, -0.25) is 10.1 Å².